The van der Waals surface area contributed by atoms with Gasteiger partial charge in [-0.3, -0.25) is 9.69 Å². The van der Waals surface area contributed by atoms with Crippen LogP contribution >= 0.6 is 51.5 Å². The molecule has 1 amide bonds. The predicted octanol–water partition coefficient (Wildman–Crippen LogP) is 6.97. The summed E-state index contributed by atoms with van der Waals surface area (Å²) in [5, 5.41) is 9.60. The highest BCUT2D eigenvalue weighted by molar-refractivity contribution is 9.10. The first-order chi connectivity index (χ1) is 16.4. The first kappa shape index (κ1) is 24.3. The summed E-state index contributed by atoms with van der Waals surface area (Å²) >= 11 is 16.6. The number of rotatable bonds is 6. The van der Waals surface area contributed by atoms with E-state index in [0.717, 1.165) is 10.0 Å². The molecule has 5 nitrogen and oxygen atoms in total. The zero-order chi connectivity index (χ0) is 24.2. The number of anilines is 1. The summed E-state index contributed by atoms with van der Waals surface area (Å²) in [5.74, 6) is 0.564. The number of nitrogens with zero attached hydrogens (tertiary/aromatic N) is 2. The first-order valence-electron chi connectivity index (χ1n) is 9.93. The molecule has 9 heteroatoms. The first-order valence-corrected chi connectivity index (χ1v) is 12.3. The van der Waals surface area contributed by atoms with Gasteiger partial charge in [-0.2, -0.15) is 5.26 Å². The minimum atomic E-state index is -0.208. The van der Waals surface area contributed by atoms with Crippen LogP contribution in [-0.2, 0) is 11.4 Å². The van der Waals surface area contributed by atoms with E-state index in [0.29, 0.717) is 42.6 Å². The van der Waals surface area contributed by atoms with Crippen LogP contribution in [0.5, 0.6) is 11.5 Å². The van der Waals surface area contributed by atoms with Gasteiger partial charge in [0.05, 0.1) is 34.4 Å². The lowest BCUT2D eigenvalue weighted by Gasteiger charge is -2.15. The predicted molar refractivity (Wildman–Crippen MR) is 143 cm³/mol. The molecule has 0 bridgehead atoms. The van der Waals surface area contributed by atoms with E-state index in [1.165, 1.54) is 23.8 Å². The third-order valence-electron chi connectivity index (χ3n) is 4.94. The standard InChI is InChI=1S/C25H16BrClN2O3S2/c1-31-21-11-15(10-20(27)23(21)32-14-17-5-3-2-4-16(17)13-28)12-22-24(30)29(25(33)34-22)19-8-6-18(26)7-9-19/h2-12H,14H2,1H3/b22-12-. The van der Waals surface area contributed by atoms with Crippen molar-refractivity contribution in [2.45, 2.75) is 6.61 Å². The van der Waals surface area contributed by atoms with Crippen LogP contribution in [0.1, 0.15) is 16.7 Å². The molecular formula is C25H16BrClN2O3S2. The highest BCUT2D eigenvalue weighted by Crippen LogP contribution is 2.40. The summed E-state index contributed by atoms with van der Waals surface area (Å²) in [6, 6.07) is 20.1. The van der Waals surface area contributed by atoms with Crippen molar-refractivity contribution in [3.05, 3.63) is 91.8 Å². The van der Waals surface area contributed by atoms with Crippen LogP contribution in [0.15, 0.2) is 70.0 Å². The van der Waals surface area contributed by atoms with Crippen molar-refractivity contribution >= 4 is 73.5 Å². The number of amides is 1. The number of hydrogen-bond donors (Lipinski definition) is 0. The molecule has 1 aliphatic rings. The smallest absolute Gasteiger partial charge is 0.270 e. The number of thiocarbonyl (C=S) groups is 1. The molecule has 0 spiro atoms. The molecule has 1 heterocycles. The number of nitriles is 1. The van der Waals surface area contributed by atoms with Crippen molar-refractivity contribution in [3.63, 3.8) is 0 Å². The molecule has 1 saturated heterocycles. The van der Waals surface area contributed by atoms with E-state index in [-0.39, 0.29) is 12.5 Å². The van der Waals surface area contributed by atoms with Crippen molar-refractivity contribution < 1.29 is 14.3 Å². The number of carbonyl (C=O) groups is 1. The number of ether oxygens (including phenoxy) is 2. The molecule has 0 saturated carbocycles. The summed E-state index contributed by atoms with van der Waals surface area (Å²) in [6.07, 6.45) is 1.72. The van der Waals surface area contributed by atoms with E-state index in [2.05, 4.69) is 22.0 Å². The van der Waals surface area contributed by atoms with Crippen molar-refractivity contribution in [3.8, 4) is 17.6 Å². The number of hydrogen-bond acceptors (Lipinski definition) is 6. The molecule has 0 radical (unpaired) electrons. The molecule has 1 aliphatic heterocycles. The highest BCUT2D eigenvalue weighted by atomic mass is 79.9. The van der Waals surface area contributed by atoms with Crippen LogP contribution in [0.4, 0.5) is 5.69 Å². The minimum absolute atomic E-state index is 0.158. The minimum Gasteiger partial charge on any atom is -0.493 e. The quantitative estimate of drug-likeness (QED) is 0.235. The topological polar surface area (TPSA) is 62.6 Å². The van der Waals surface area contributed by atoms with Gasteiger partial charge in [-0.1, -0.05) is 69.7 Å². The van der Waals surface area contributed by atoms with Gasteiger partial charge in [0.15, 0.2) is 15.8 Å². The summed E-state index contributed by atoms with van der Waals surface area (Å²) in [5.41, 5.74) is 2.64. The number of halogens is 2. The lowest BCUT2D eigenvalue weighted by atomic mass is 10.1. The average molecular weight is 572 g/mol. The van der Waals surface area contributed by atoms with E-state index in [9.17, 15) is 10.1 Å². The van der Waals surface area contributed by atoms with Crippen LogP contribution in [0.2, 0.25) is 5.02 Å². The fourth-order valence-corrected chi connectivity index (χ4v) is 5.14. The Balaban J connectivity index is 1.59. The Morgan fingerprint density at radius 3 is 2.65 bits per heavy atom. The summed E-state index contributed by atoms with van der Waals surface area (Å²) in [7, 11) is 1.51. The number of thioether (sulfide) groups is 1. The molecule has 4 rings (SSSR count). The lowest BCUT2D eigenvalue weighted by molar-refractivity contribution is -0.113. The maximum absolute atomic E-state index is 13.1. The fourth-order valence-electron chi connectivity index (χ4n) is 3.30. The Hall–Kier alpha value is -2.83. The van der Waals surface area contributed by atoms with Gasteiger partial charge >= 0.3 is 0 Å². The Morgan fingerprint density at radius 1 is 1.21 bits per heavy atom. The van der Waals surface area contributed by atoms with Gasteiger partial charge in [0.2, 0.25) is 0 Å². The second-order valence-corrected chi connectivity index (χ2v) is 10.1. The van der Waals surface area contributed by atoms with Crippen LogP contribution < -0.4 is 14.4 Å². The molecule has 3 aromatic rings. The lowest BCUT2D eigenvalue weighted by Crippen LogP contribution is -2.27. The molecule has 0 aromatic heterocycles. The van der Waals surface area contributed by atoms with Crippen LogP contribution in [0.3, 0.4) is 0 Å². The van der Waals surface area contributed by atoms with Gasteiger partial charge in [0.25, 0.3) is 5.91 Å². The maximum Gasteiger partial charge on any atom is 0.270 e. The van der Waals surface area contributed by atoms with E-state index < -0.39 is 0 Å². The number of methoxy groups -OCH3 is 1. The highest BCUT2D eigenvalue weighted by Gasteiger charge is 2.33. The molecule has 0 aliphatic carbocycles. The van der Waals surface area contributed by atoms with E-state index in [4.69, 9.17) is 33.3 Å². The monoisotopic (exact) mass is 570 g/mol. The molecule has 3 aromatic carbocycles. The van der Waals surface area contributed by atoms with Crippen LogP contribution in [0.25, 0.3) is 6.08 Å². The SMILES string of the molecule is COc1cc(/C=C2\SC(=S)N(c3ccc(Br)cc3)C2=O)cc(Cl)c1OCc1ccccc1C#N. The van der Waals surface area contributed by atoms with E-state index in [1.54, 1.807) is 30.3 Å². The normalized spacial score (nSPS) is 14.4. The molecule has 0 atom stereocenters. The summed E-state index contributed by atoms with van der Waals surface area (Å²) in [6.45, 7) is 0.158. The number of benzene rings is 3. The second-order valence-electron chi connectivity index (χ2n) is 7.09. The third-order valence-corrected chi connectivity index (χ3v) is 7.05. The maximum atomic E-state index is 13.1. The molecule has 0 N–H and O–H groups in total. The second kappa shape index (κ2) is 10.6. The van der Waals surface area contributed by atoms with Crippen molar-refractivity contribution in [2.75, 3.05) is 12.0 Å². The molecule has 0 unspecified atom stereocenters. The molecular weight excluding hydrogens is 556 g/mol. The zero-order valence-electron chi connectivity index (χ0n) is 17.7. The van der Waals surface area contributed by atoms with Gasteiger partial charge in [-0.25, -0.2) is 0 Å². The van der Waals surface area contributed by atoms with E-state index in [1.807, 2.05) is 36.4 Å². The summed E-state index contributed by atoms with van der Waals surface area (Å²) < 4.78 is 12.8. The molecule has 34 heavy (non-hydrogen) atoms. The molecule has 1 fully saturated rings. The summed E-state index contributed by atoms with van der Waals surface area (Å²) in [4.78, 5) is 15.0. The van der Waals surface area contributed by atoms with Crippen molar-refractivity contribution in [1.29, 1.82) is 5.26 Å². The third kappa shape index (κ3) is 5.13. The Kier molecular flexibility index (Phi) is 7.59. The van der Waals surface area contributed by atoms with Crippen molar-refractivity contribution in [2.24, 2.45) is 0 Å². The van der Waals surface area contributed by atoms with Crippen molar-refractivity contribution in [1.82, 2.24) is 0 Å². The van der Waals surface area contributed by atoms with Gasteiger partial charge < -0.3 is 9.47 Å². The fraction of sp³-hybridized carbons (Fsp3) is 0.0800. The number of carbonyl (C=O) groups excluding carboxylic acids is 1. The van der Waals surface area contributed by atoms with Gasteiger partial charge in [0.1, 0.15) is 6.61 Å². The Labute approximate surface area is 220 Å². The largest absolute Gasteiger partial charge is 0.493 e. The zero-order valence-corrected chi connectivity index (χ0v) is 21.7. The Bertz CT molecular complexity index is 1350. The van der Waals surface area contributed by atoms with Gasteiger partial charge in [0, 0.05) is 10.0 Å². The average Bonchev–Trinajstić information content (AvgIpc) is 3.11. The van der Waals surface area contributed by atoms with E-state index >= 15 is 0 Å². The molecule has 170 valence electrons. The van der Waals surface area contributed by atoms with Gasteiger partial charge in [-0.15, -0.1) is 0 Å². The van der Waals surface area contributed by atoms with Gasteiger partial charge in [-0.05, 0) is 54.1 Å². The Morgan fingerprint density at radius 2 is 1.94 bits per heavy atom. The van der Waals surface area contributed by atoms with Crippen LogP contribution in [0, 0.1) is 11.3 Å². The van der Waals surface area contributed by atoms with Crippen LogP contribution in [-0.4, -0.2) is 17.3 Å².